The lowest BCUT2D eigenvalue weighted by atomic mass is 9.99. The summed E-state index contributed by atoms with van der Waals surface area (Å²) in [4.78, 5) is 14.6. The molecule has 1 amide bonds. The van der Waals surface area contributed by atoms with Gasteiger partial charge in [-0.3, -0.25) is 10.1 Å². The number of amides is 1. The molecular formula is C17H26N2O2. The van der Waals surface area contributed by atoms with Crippen LogP contribution in [0.3, 0.4) is 0 Å². The molecule has 2 rings (SSSR count). The van der Waals surface area contributed by atoms with Gasteiger partial charge in [0, 0.05) is 13.7 Å². The van der Waals surface area contributed by atoms with Gasteiger partial charge in [0.25, 0.3) is 0 Å². The average Bonchev–Trinajstić information content (AvgIpc) is 2.70. The molecule has 1 aromatic carbocycles. The van der Waals surface area contributed by atoms with Crippen LogP contribution in [0.1, 0.15) is 43.1 Å². The number of methoxy groups -OCH3 is 1. The summed E-state index contributed by atoms with van der Waals surface area (Å²) >= 11 is 0. The Kier molecular flexibility index (Phi) is 4.69. The highest BCUT2D eigenvalue weighted by molar-refractivity contribution is 5.88. The van der Waals surface area contributed by atoms with E-state index in [0.29, 0.717) is 13.2 Å². The van der Waals surface area contributed by atoms with Gasteiger partial charge in [-0.15, -0.1) is 0 Å². The molecule has 4 heteroatoms. The number of hydrogen-bond acceptors (Lipinski definition) is 3. The monoisotopic (exact) mass is 290 g/mol. The number of benzene rings is 1. The molecule has 2 unspecified atom stereocenters. The number of rotatable bonds is 5. The van der Waals surface area contributed by atoms with Crippen molar-refractivity contribution in [2.75, 3.05) is 20.3 Å². The lowest BCUT2D eigenvalue weighted by Crippen LogP contribution is -2.43. The molecule has 1 aromatic rings. The van der Waals surface area contributed by atoms with E-state index >= 15 is 0 Å². The largest absolute Gasteiger partial charge is 0.383 e. The highest BCUT2D eigenvalue weighted by atomic mass is 16.5. The molecule has 116 valence electrons. The van der Waals surface area contributed by atoms with E-state index in [1.165, 1.54) is 16.7 Å². The number of ether oxygens (including phenoxy) is 1. The fourth-order valence-corrected chi connectivity index (χ4v) is 2.93. The van der Waals surface area contributed by atoms with Crippen LogP contribution in [0.4, 0.5) is 0 Å². The summed E-state index contributed by atoms with van der Waals surface area (Å²) < 4.78 is 5.17. The van der Waals surface area contributed by atoms with E-state index in [9.17, 15) is 4.79 Å². The fourth-order valence-electron chi connectivity index (χ4n) is 2.93. The summed E-state index contributed by atoms with van der Waals surface area (Å²) in [5, 5.41) is 3.52. The molecule has 1 heterocycles. The summed E-state index contributed by atoms with van der Waals surface area (Å²) in [6.07, 6.45) is 0.703. The Balaban J connectivity index is 2.36. The molecule has 4 nitrogen and oxygen atoms in total. The average molecular weight is 290 g/mol. The Hall–Kier alpha value is -1.39. The van der Waals surface area contributed by atoms with Crippen LogP contribution in [0, 0.1) is 13.8 Å². The van der Waals surface area contributed by atoms with Gasteiger partial charge in [-0.25, -0.2) is 0 Å². The molecule has 0 bridgehead atoms. The van der Waals surface area contributed by atoms with E-state index < -0.39 is 5.54 Å². The maximum atomic E-state index is 12.7. The van der Waals surface area contributed by atoms with Crippen LogP contribution in [0.5, 0.6) is 0 Å². The van der Waals surface area contributed by atoms with Crippen molar-refractivity contribution in [2.24, 2.45) is 0 Å². The van der Waals surface area contributed by atoms with Gasteiger partial charge in [-0.1, -0.05) is 30.7 Å². The zero-order valence-corrected chi connectivity index (χ0v) is 13.7. The van der Waals surface area contributed by atoms with Crippen LogP contribution >= 0.6 is 0 Å². The van der Waals surface area contributed by atoms with E-state index in [4.69, 9.17) is 4.74 Å². The second kappa shape index (κ2) is 6.16. The molecule has 1 aliphatic rings. The van der Waals surface area contributed by atoms with Crippen LogP contribution in [0.2, 0.25) is 0 Å². The SMILES string of the molecule is CCC1(C)NC(c2ccc(C)cc2C)N(CCOC)C1=O. The molecule has 0 aliphatic carbocycles. The number of nitrogens with zero attached hydrogens (tertiary/aromatic N) is 1. The Morgan fingerprint density at radius 1 is 1.38 bits per heavy atom. The van der Waals surface area contributed by atoms with Crippen molar-refractivity contribution >= 4 is 5.91 Å². The number of nitrogens with one attached hydrogen (secondary N) is 1. The summed E-state index contributed by atoms with van der Waals surface area (Å²) in [5.41, 5.74) is 3.13. The predicted molar refractivity (Wildman–Crippen MR) is 84.1 cm³/mol. The van der Waals surface area contributed by atoms with Crippen molar-refractivity contribution in [3.8, 4) is 0 Å². The van der Waals surface area contributed by atoms with Crippen molar-refractivity contribution in [1.29, 1.82) is 0 Å². The molecule has 1 aliphatic heterocycles. The van der Waals surface area contributed by atoms with Crippen molar-refractivity contribution in [2.45, 2.75) is 45.8 Å². The van der Waals surface area contributed by atoms with Crippen molar-refractivity contribution < 1.29 is 9.53 Å². The summed E-state index contributed by atoms with van der Waals surface area (Å²) in [5.74, 6) is 0.159. The van der Waals surface area contributed by atoms with Gasteiger partial charge in [0.05, 0.1) is 12.1 Å². The molecule has 2 atom stereocenters. The number of hydrogen-bond donors (Lipinski definition) is 1. The second-order valence-electron chi connectivity index (χ2n) is 6.08. The van der Waals surface area contributed by atoms with Crippen LogP contribution in [0.15, 0.2) is 18.2 Å². The van der Waals surface area contributed by atoms with Crippen LogP contribution in [-0.4, -0.2) is 36.6 Å². The molecule has 0 saturated carbocycles. The first-order chi connectivity index (χ1) is 9.92. The fraction of sp³-hybridized carbons (Fsp3) is 0.588. The first-order valence-corrected chi connectivity index (χ1v) is 7.58. The molecule has 0 spiro atoms. The summed E-state index contributed by atoms with van der Waals surface area (Å²) in [7, 11) is 1.67. The Labute approximate surface area is 127 Å². The van der Waals surface area contributed by atoms with E-state index in [1.54, 1.807) is 7.11 Å². The quantitative estimate of drug-likeness (QED) is 0.906. The molecule has 1 N–H and O–H groups in total. The van der Waals surface area contributed by atoms with Gasteiger partial charge in [-0.2, -0.15) is 0 Å². The van der Waals surface area contributed by atoms with E-state index in [-0.39, 0.29) is 12.1 Å². The predicted octanol–water partition coefficient (Wildman–Crippen LogP) is 2.55. The Morgan fingerprint density at radius 3 is 2.67 bits per heavy atom. The third kappa shape index (κ3) is 2.97. The first-order valence-electron chi connectivity index (χ1n) is 7.58. The lowest BCUT2D eigenvalue weighted by molar-refractivity contribution is -0.133. The number of carbonyl (C=O) groups is 1. The smallest absolute Gasteiger partial charge is 0.244 e. The highest BCUT2D eigenvalue weighted by Gasteiger charge is 2.47. The second-order valence-corrected chi connectivity index (χ2v) is 6.08. The van der Waals surface area contributed by atoms with Gasteiger partial charge in [0.1, 0.15) is 6.17 Å². The third-order valence-electron chi connectivity index (χ3n) is 4.46. The molecule has 0 aromatic heterocycles. The van der Waals surface area contributed by atoms with Crippen molar-refractivity contribution in [1.82, 2.24) is 10.2 Å². The minimum absolute atomic E-state index is 0.0711. The summed E-state index contributed by atoms with van der Waals surface area (Å²) in [6.45, 7) is 9.38. The Morgan fingerprint density at radius 2 is 2.10 bits per heavy atom. The zero-order chi connectivity index (χ0) is 15.6. The number of aryl methyl sites for hydroxylation is 2. The highest BCUT2D eigenvalue weighted by Crippen LogP contribution is 2.33. The minimum atomic E-state index is -0.490. The summed E-state index contributed by atoms with van der Waals surface area (Å²) in [6, 6.07) is 6.39. The van der Waals surface area contributed by atoms with Crippen molar-refractivity contribution in [3.63, 3.8) is 0 Å². The van der Waals surface area contributed by atoms with Crippen molar-refractivity contribution in [3.05, 3.63) is 34.9 Å². The van der Waals surface area contributed by atoms with Crippen LogP contribution in [-0.2, 0) is 9.53 Å². The van der Waals surface area contributed by atoms with Crippen LogP contribution < -0.4 is 5.32 Å². The lowest BCUT2D eigenvalue weighted by Gasteiger charge is -2.25. The van der Waals surface area contributed by atoms with Gasteiger partial charge in [0.2, 0.25) is 5.91 Å². The van der Waals surface area contributed by atoms with Gasteiger partial charge in [0.15, 0.2) is 0 Å². The normalized spacial score (nSPS) is 25.7. The van der Waals surface area contributed by atoms with Gasteiger partial charge >= 0.3 is 0 Å². The zero-order valence-electron chi connectivity index (χ0n) is 13.7. The molecule has 1 fully saturated rings. The Bertz CT molecular complexity index is 530. The topological polar surface area (TPSA) is 41.6 Å². The van der Waals surface area contributed by atoms with Crippen LogP contribution in [0.25, 0.3) is 0 Å². The standard InChI is InChI=1S/C17H26N2O2/c1-6-17(4)16(20)19(9-10-21-5)15(18-17)14-8-7-12(2)11-13(14)3/h7-8,11,15,18H,6,9-10H2,1-5H3. The molecule has 21 heavy (non-hydrogen) atoms. The van der Waals surface area contributed by atoms with E-state index in [1.807, 2.05) is 18.7 Å². The third-order valence-corrected chi connectivity index (χ3v) is 4.46. The minimum Gasteiger partial charge on any atom is -0.383 e. The molecule has 0 radical (unpaired) electrons. The molecule has 1 saturated heterocycles. The maximum absolute atomic E-state index is 12.7. The molecular weight excluding hydrogens is 264 g/mol. The van der Waals surface area contributed by atoms with Gasteiger partial charge < -0.3 is 9.64 Å². The van der Waals surface area contributed by atoms with Gasteiger partial charge in [-0.05, 0) is 38.3 Å². The van der Waals surface area contributed by atoms with E-state index in [0.717, 1.165) is 6.42 Å². The maximum Gasteiger partial charge on any atom is 0.244 e. The number of carbonyl (C=O) groups excluding carboxylic acids is 1. The first kappa shape index (κ1) is 16.0. The van der Waals surface area contributed by atoms with E-state index in [2.05, 4.69) is 37.4 Å².